The summed E-state index contributed by atoms with van der Waals surface area (Å²) in [6.45, 7) is 0.477. The summed E-state index contributed by atoms with van der Waals surface area (Å²) in [7, 11) is 0. The molecule has 0 atom stereocenters. The smallest absolute Gasteiger partial charge is 0.229 e. The number of primary amides is 1. The van der Waals surface area contributed by atoms with Gasteiger partial charge in [0.15, 0.2) is 0 Å². The maximum Gasteiger partial charge on any atom is 0.229 e. The number of nitrogens with one attached hydrogen (secondary N) is 2. The standard InChI is InChI=1S/C17H20BrN5O/c18-9-11-2-1-3-13(8-11)22-17-21-10-14(12-4-5-12)16(23-17)20-7-6-15(19)24/h1-3,8,10,12H,4-7,9H2,(H2,19,24)(H2,20,21,22,23). The molecule has 1 aliphatic carbocycles. The Morgan fingerprint density at radius 1 is 1.38 bits per heavy atom. The highest BCUT2D eigenvalue weighted by atomic mass is 79.9. The molecule has 0 saturated heterocycles. The SMILES string of the molecule is NC(=O)CCNc1nc(Nc2cccc(CBr)c2)ncc1C1CC1. The zero-order valence-corrected chi connectivity index (χ0v) is 14.8. The third-order valence-corrected chi connectivity index (χ3v) is 4.48. The van der Waals surface area contributed by atoms with Crippen molar-refractivity contribution in [1.82, 2.24) is 9.97 Å². The monoisotopic (exact) mass is 389 g/mol. The third-order valence-electron chi connectivity index (χ3n) is 3.84. The minimum Gasteiger partial charge on any atom is -0.370 e. The molecule has 0 aliphatic heterocycles. The van der Waals surface area contributed by atoms with Gasteiger partial charge in [0.1, 0.15) is 5.82 Å². The lowest BCUT2D eigenvalue weighted by Gasteiger charge is -2.12. The van der Waals surface area contributed by atoms with Crippen molar-refractivity contribution in [2.45, 2.75) is 30.5 Å². The molecule has 3 rings (SSSR count). The van der Waals surface area contributed by atoms with Crippen LogP contribution in [-0.2, 0) is 10.1 Å². The van der Waals surface area contributed by atoms with E-state index in [0.717, 1.165) is 35.2 Å². The summed E-state index contributed by atoms with van der Waals surface area (Å²) in [4.78, 5) is 19.9. The van der Waals surface area contributed by atoms with E-state index in [2.05, 4.69) is 36.5 Å². The summed E-state index contributed by atoms with van der Waals surface area (Å²) in [6, 6.07) is 8.06. The van der Waals surface area contributed by atoms with E-state index in [0.29, 0.717) is 18.4 Å². The first kappa shape index (κ1) is 16.7. The predicted octanol–water partition coefficient (Wildman–Crippen LogP) is 3.28. The van der Waals surface area contributed by atoms with Gasteiger partial charge in [-0.3, -0.25) is 4.79 Å². The van der Waals surface area contributed by atoms with E-state index < -0.39 is 0 Å². The van der Waals surface area contributed by atoms with E-state index in [-0.39, 0.29) is 12.3 Å². The molecule has 6 nitrogen and oxygen atoms in total. The molecule has 0 radical (unpaired) electrons. The summed E-state index contributed by atoms with van der Waals surface area (Å²) in [5.41, 5.74) is 8.42. The Morgan fingerprint density at radius 3 is 2.92 bits per heavy atom. The molecule has 0 spiro atoms. The van der Waals surface area contributed by atoms with Gasteiger partial charge in [-0.15, -0.1) is 0 Å². The van der Waals surface area contributed by atoms with Gasteiger partial charge in [-0.2, -0.15) is 4.98 Å². The van der Waals surface area contributed by atoms with E-state index in [4.69, 9.17) is 5.73 Å². The van der Waals surface area contributed by atoms with Crippen LogP contribution < -0.4 is 16.4 Å². The lowest BCUT2D eigenvalue weighted by atomic mass is 10.2. The Kier molecular flexibility index (Phi) is 5.30. The first-order valence-corrected chi connectivity index (χ1v) is 9.09. The maximum absolute atomic E-state index is 10.9. The summed E-state index contributed by atoms with van der Waals surface area (Å²) in [6.07, 6.45) is 4.47. The van der Waals surface area contributed by atoms with Gasteiger partial charge >= 0.3 is 0 Å². The number of amides is 1. The van der Waals surface area contributed by atoms with Crippen LogP contribution >= 0.6 is 15.9 Å². The Bertz CT molecular complexity index is 733. The number of carbonyl (C=O) groups excluding carboxylic acids is 1. The Morgan fingerprint density at radius 2 is 2.21 bits per heavy atom. The van der Waals surface area contributed by atoms with Crippen molar-refractivity contribution in [3.05, 3.63) is 41.6 Å². The molecule has 1 fully saturated rings. The van der Waals surface area contributed by atoms with Crippen LogP contribution in [0.15, 0.2) is 30.5 Å². The fraction of sp³-hybridized carbons (Fsp3) is 0.353. The van der Waals surface area contributed by atoms with E-state index in [9.17, 15) is 4.79 Å². The van der Waals surface area contributed by atoms with Gasteiger partial charge in [-0.1, -0.05) is 28.1 Å². The number of nitrogens with zero attached hydrogens (tertiary/aromatic N) is 2. The van der Waals surface area contributed by atoms with Crippen LogP contribution in [0, 0.1) is 0 Å². The van der Waals surface area contributed by atoms with Crippen molar-refractivity contribution >= 4 is 39.3 Å². The van der Waals surface area contributed by atoms with Crippen molar-refractivity contribution in [2.24, 2.45) is 5.73 Å². The average molecular weight is 390 g/mol. The number of hydrogen-bond donors (Lipinski definition) is 3. The number of rotatable bonds is 8. The van der Waals surface area contributed by atoms with Gasteiger partial charge in [0.25, 0.3) is 0 Å². The van der Waals surface area contributed by atoms with Crippen LogP contribution in [-0.4, -0.2) is 22.4 Å². The van der Waals surface area contributed by atoms with Gasteiger partial charge in [0.2, 0.25) is 11.9 Å². The quantitative estimate of drug-likeness (QED) is 0.602. The fourth-order valence-corrected chi connectivity index (χ4v) is 2.80. The highest BCUT2D eigenvalue weighted by Crippen LogP contribution is 2.42. The summed E-state index contributed by atoms with van der Waals surface area (Å²) in [5, 5.41) is 7.24. The summed E-state index contributed by atoms with van der Waals surface area (Å²) < 4.78 is 0. The van der Waals surface area contributed by atoms with Gasteiger partial charge in [-0.05, 0) is 36.5 Å². The number of alkyl halides is 1. The molecule has 1 aromatic carbocycles. The second kappa shape index (κ2) is 7.61. The first-order chi connectivity index (χ1) is 11.7. The Labute approximate surface area is 149 Å². The number of benzene rings is 1. The van der Waals surface area contributed by atoms with Gasteiger partial charge in [0.05, 0.1) is 0 Å². The maximum atomic E-state index is 10.9. The molecule has 1 heterocycles. The molecular formula is C17H20BrN5O. The van der Waals surface area contributed by atoms with Crippen molar-refractivity contribution in [2.75, 3.05) is 17.2 Å². The predicted molar refractivity (Wildman–Crippen MR) is 98.7 cm³/mol. The van der Waals surface area contributed by atoms with Crippen LogP contribution in [0.1, 0.15) is 36.3 Å². The van der Waals surface area contributed by atoms with E-state index in [1.54, 1.807) is 0 Å². The van der Waals surface area contributed by atoms with Crippen LogP contribution in [0.2, 0.25) is 0 Å². The second-order valence-electron chi connectivity index (χ2n) is 5.87. The topological polar surface area (TPSA) is 92.9 Å². The number of hydrogen-bond acceptors (Lipinski definition) is 5. The van der Waals surface area contributed by atoms with Crippen molar-refractivity contribution in [3.63, 3.8) is 0 Å². The molecule has 7 heteroatoms. The third kappa shape index (κ3) is 4.44. The zero-order valence-electron chi connectivity index (χ0n) is 13.3. The average Bonchev–Trinajstić information content (AvgIpc) is 3.40. The second-order valence-corrected chi connectivity index (χ2v) is 6.43. The first-order valence-electron chi connectivity index (χ1n) is 7.96. The van der Waals surface area contributed by atoms with Gasteiger partial charge in [0, 0.05) is 35.7 Å². The summed E-state index contributed by atoms with van der Waals surface area (Å²) >= 11 is 3.45. The van der Waals surface area contributed by atoms with Crippen LogP contribution in [0.4, 0.5) is 17.5 Å². The van der Waals surface area contributed by atoms with Gasteiger partial charge < -0.3 is 16.4 Å². The number of anilines is 3. The Hall–Kier alpha value is -2.15. The number of halogens is 1. The van der Waals surface area contributed by atoms with Crippen LogP contribution in [0.5, 0.6) is 0 Å². The van der Waals surface area contributed by atoms with Crippen molar-refractivity contribution < 1.29 is 4.79 Å². The Balaban J connectivity index is 1.76. The molecular weight excluding hydrogens is 370 g/mol. The largest absolute Gasteiger partial charge is 0.370 e. The molecule has 126 valence electrons. The van der Waals surface area contributed by atoms with Crippen molar-refractivity contribution in [1.29, 1.82) is 0 Å². The number of carbonyl (C=O) groups is 1. The van der Waals surface area contributed by atoms with Crippen molar-refractivity contribution in [3.8, 4) is 0 Å². The lowest BCUT2D eigenvalue weighted by Crippen LogP contribution is -2.17. The summed E-state index contributed by atoms with van der Waals surface area (Å²) in [5.74, 6) is 1.52. The molecule has 24 heavy (non-hydrogen) atoms. The van der Waals surface area contributed by atoms with Crippen LogP contribution in [0.25, 0.3) is 0 Å². The molecule has 1 amide bonds. The number of nitrogens with two attached hydrogens (primary N) is 1. The van der Waals surface area contributed by atoms with Crippen LogP contribution in [0.3, 0.4) is 0 Å². The van der Waals surface area contributed by atoms with E-state index in [1.165, 1.54) is 5.56 Å². The molecule has 0 bridgehead atoms. The molecule has 0 unspecified atom stereocenters. The zero-order chi connectivity index (χ0) is 16.9. The minimum atomic E-state index is -0.325. The highest BCUT2D eigenvalue weighted by Gasteiger charge is 2.27. The molecule has 1 aromatic heterocycles. The number of aromatic nitrogens is 2. The highest BCUT2D eigenvalue weighted by molar-refractivity contribution is 9.08. The minimum absolute atomic E-state index is 0.282. The normalized spacial score (nSPS) is 13.5. The van der Waals surface area contributed by atoms with Gasteiger partial charge in [-0.25, -0.2) is 4.98 Å². The fourth-order valence-electron chi connectivity index (χ4n) is 2.45. The lowest BCUT2D eigenvalue weighted by molar-refractivity contribution is -0.117. The molecule has 2 aromatic rings. The molecule has 1 aliphatic rings. The van der Waals surface area contributed by atoms with E-state index in [1.807, 2.05) is 30.5 Å². The van der Waals surface area contributed by atoms with E-state index >= 15 is 0 Å². The molecule has 4 N–H and O–H groups in total. The molecule has 1 saturated carbocycles.